The van der Waals surface area contributed by atoms with Crippen LogP contribution in [0.4, 0.5) is 0 Å². The Balaban J connectivity index is 2.68. The Kier molecular flexibility index (Phi) is 2.74. The molecular weight excluding hydrogens is 200 g/mol. The average Bonchev–Trinajstić information content (AvgIpc) is 2.29. The third kappa shape index (κ3) is 1.82. The standard InChI is InChI=1S/C13H12N2O/c1-2-3-10-7-13(16)11-6-9(8-14)4-5-12(11)15-10/h4-7H,2-3H2,1H3,(H,15,16). The SMILES string of the molecule is CCCc1cc(=O)c2cc(C#N)ccc2[nH]1. The number of hydrogen-bond donors (Lipinski definition) is 1. The summed E-state index contributed by atoms with van der Waals surface area (Å²) in [6.45, 7) is 2.07. The van der Waals surface area contributed by atoms with Crippen LogP contribution in [0.5, 0.6) is 0 Å². The Morgan fingerprint density at radius 2 is 2.19 bits per heavy atom. The number of aromatic nitrogens is 1. The molecule has 0 amide bonds. The van der Waals surface area contributed by atoms with Crippen molar-refractivity contribution in [2.24, 2.45) is 0 Å². The topological polar surface area (TPSA) is 56.6 Å². The van der Waals surface area contributed by atoms with Gasteiger partial charge in [-0.2, -0.15) is 5.26 Å². The molecule has 3 nitrogen and oxygen atoms in total. The smallest absolute Gasteiger partial charge is 0.189 e. The molecule has 1 N–H and O–H groups in total. The highest BCUT2D eigenvalue weighted by atomic mass is 16.1. The lowest BCUT2D eigenvalue weighted by molar-refractivity contribution is 0.888. The van der Waals surface area contributed by atoms with Gasteiger partial charge >= 0.3 is 0 Å². The molecule has 16 heavy (non-hydrogen) atoms. The van der Waals surface area contributed by atoms with E-state index in [0.717, 1.165) is 24.1 Å². The van der Waals surface area contributed by atoms with Gasteiger partial charge in [-0.3, -0.25) is 4.79 Å². The molecule has 0 bridgehead atoms. The summed E-state index contributed by atoms with van der Waals surface area (Å²) < 4.78 is 0. The number of pyridine rings is 1. The zero-order valence-corrected chi connectivity index (χ0v) is 9.08. The van der Waals surface area contributed by atoms with Crippen molar-refractivity contribution >= 4 is 10.9 Å². The van der Waals surface area contributed by atoms with Crippen molar-refractivity contribution in [1.29, 1.82) is 5.26 Å². The van der Waals surface area contributed by atoms with Crippen LogP contribution < -0.4 is 5.43 Å². The lowest BCUT2D eigenvalue weighted by Crippen LogP contribution is -2.05. The molecule has 0 saturated carbocycles. The molecule has 0 aliphatic carbocycles. The molecule has 2 aromatic rings. The van der Waals surface area contributed by atoms with E-state index < -0.39 is 0 Å². The van der Waals surface area contributed by atoms with Crippen molar-refractivity contribution in [3.05, 3.63) is 45.7 Å². The Hall–Kier alpha value is -2.08. The summed E-state index contributed by atoms with van der Waals surface area (Å²) in [6, 6.07) is 8.78. The molecular formula is C13H12N2O. The van der Waals surface area contributed by atoms with Crippen LogP contribution in [0, 0.1) is 11.3 Å². The summed E-state index contributed by atoms with van der Waals surface area (Å²) in [5.74, 6) is 0. The molecule has 0 unspecified atom stereocenters. The third-order valence-electron chi connectivity index (χ3n) is 2.53. The average molecular weight is 212 g/mol. The maximum atomic E-state index is 11.8. The quantitative estimate of drug-likeness (QED) is 0.830. The van der Waals surface area contributed by atoms with E-state index in [2.05, 4.69) is 11.9 Å². The number of rotatable bonds is 2. The largest absolute Gasteiger partial charge is 0.358 e. The second-order valence-corrected chi connectivity index (χ2v) is 3.78. The van der Waals surface area contributed by atoms with Crippen LogP contribution in [-0.4, -0.2) is 4.98 Å². The van der Waals surface area contributed by atoms with Gasteiger partial charge in [0.05, 0.1) is 11.6 Å². The molecule has 0 aliphatic heterocycles. The lowest BCUT2D eigenvalue weighted by Gasteiger charge is -2.02. The summed E-state index contributed by atoms with van der Waals surface area (Å²) in [6.07, 6.45) is 1.86. The van der Waals surface area contributed by atoms with E-state index in [4.69, 9.17) is 5.26 Å². The molecule has 1 aromatic heterocycles. The van der Waals surface area contributed by atoms with E-state index in [1.807, 2.05) is 6.07 Å². The molecule has 0 fully saturated rings. The van der Waals surface area contributed by atoms with Gasteiger partial charge < -0.3 is 4.98 Å². The zero-order valence-electron chi connectivity index (χ0n) is 9.08. The van der Waals surface area contributed by atoms with Gasteiger partial charge in [-0.05, 0) is 24.6 Å². The van der Waals surface area contributed by atoms with E-state index in [1.54, 1.807) is 24.3 Å². The molecule has 0 spiro atoms. The van der Waals surface area contributed by atoms with Crippen molar-refractivity contribution in [3.63, 3.8) is 0 Å². The van der Waals surface area contributed by atoms with E-state index in [0.29, 0.717) is 10.9 Å². The number of fused-ring (bicyclic) bond motifs is 1. The summed E-state index contributed by atoms with van der Waals surface area (Å²) in [5, 5.41) is 9.35. The third-order valence-corrected chi connectivity index (χ3v) is 2.53. The van der Waals surface area contributed by atoms with Crippen LogP contribution in [0.15, 0.2) is 29.1 Å². The maximum absolute atomic E-state index is 11.8. The highest BCUT2D eigenvalue weighted by molar-refractivity contribution is 5.80. The van der Waals surface area contributed by atoms with E-state index in [9.17, 15) is 4.79 Å². The van der Waals surface area contributed by atoms with Crippen LogP contribution in [0.2, 0.25) is 0 Å². The molecule has 3 heteroatoms. The van der Waals surface area contributed by atoms with Crippen molar-refractivity contribution in [2.75, 3.05) is 0 Å². The Labute approximate surface area is 93.3 Å². The van der Waals surface area contributed by atoms with Gasteiger partial charge in [0.2, 0.25) is 0 Å². The predicted octanol–water partition coefficient (Wildman–Crippen LogP) is 2.35. The van der Waals surface area contributed by atoms with Crippen molar-refractivity contribution < 1.29 is 0 Å². The summed E-state index contributed by atoms with van der Waals surface area (Å²) in [4.78, 5) is 15.0. The van der Waals surface area contributed by atoms with Crippen LogP contribution in [-0.2, 0) is 6.42 Å². The monoisotopic (exact) mass is 212 g/mol. The van der Waals surface area contributed by atoms with Gasteiger partial charge in [-0.15, -0.1) is 0 Å². The molecule has 80 valence electrons. The minimum atomic E-state index is -0.0192. The number of hydrogen-bond acceptors (Lipinski definition) is 2. The molecule has 2 rings (SSSR count). The summed E-state index contributed by atoms with van der Waals surface area (Å²) in [5.41, 5.74) is 2.25. The fraction of sp³-hybridized carbons (Fsp3) is 0.231. The van der Waals surface area contributed by atoms with Crippen molar-refractivity contribution in [1.82, 2.24) is 4.98 Å². The van der Waals surface area contributed by atoms with E-state index in [-0.39, 0.29) is 5.43 Å². The second kappa shape index (κ2) is 4.19. The van der Waals surface area contributed by atoms with Gasteiger partial charge in [0.1, 0.15) is 0 Å². The molecule has 0 radical (unpaired) electrons. The van der Waals surface area contributed by atoms with Crippen LogP contribution >= 0.6 is 0 Å². The van der Waals surface area contributed by atoms with E-state index >= 15 is 0 Å². The number of nitrogens with zero attached hydrogens (tertiary/aromatic N) is 1. The fourth-order valence-corrected chi connectivity index (χ4v) is 1.78. The van der Waals surface area contributed by atoms with Crippen molar-refractivity contribution in [2.45, 2.75) is 19.8 Å². The first kappa shape index (κ1) is 10.4. The van der Waals surface area contributed by atoms with Crippen molar-refractivity contribution in [3.8, 4) is 6.07 Å². The normalized spacial score (nSPS) is 10.2. The number of H-pyrrole nitrogens is 1. The lowest BCUT2D eigenvalue weighted by atomic mass is 10.1. The minimum absolute atomic E-state index is 0.0192. The van der Waals surface area contributed by atoms with Crippen LogP contribution in [0.1, 0.15) is 24.6 Å². The molecule has 0 aliphatic rings. The van der Waals surface area contributed by atoms with Crippen LogP contribution in [0.25, 0.3) is 10.9 Å². The summed E-state index contributed by atoms with van der Waals surface area (Å²) >= 11 is 0. The molecule has 0 atom stereocenters. The molecule has 0 saturated heterocycles. The van der Waals surface area contributed by atoms with Gasteiger partial charge in [0.25, 0.3) is 0 Å². The number of aryl methyl sites for hydroxylation is 1. The maximum Gasteiger partial charge on any atom is 0.189 e. The van der Waals surface area contributed by atoms with Gasteiger partial charge in [-0.1, -0.05) is 13.3 Å². The molecule has 1 heterocycles. The number of aromatic amines is 1. The first-order chi connectivity index (χ1) is 7.74. The first-order valence-electron chi connectivity index (χ1n) is 5.30. The van der Waals surface area contributed by atoms with Crippen LogP contribution in [0.3, 0.4) is 0 Å². The minimum Gasteiger partial charge on any atom is -0.358 e. The highest BCUT2D eigenvalue weighted by Crippen LogP contribution is 2.11. The second-order valence-electron chi connectivity index (χ2n) is 3.78. The molecule has 1 aromatic carbocycles. The first-order valence-corrected chi connectivity index (χ1v) is 5.30. The summed E-state index contributed by atoms with van der Waals surface area (Å²) in [7, 11) is 0. The Morgan fingerprint density at radius 3 is 2.88 bits per heavy atom. The Morgan fingerprint density at radius 1 is 1.38 bits per heavy atom. The number of nitrogens with one attached hydrogen (secondary N) is 1. The van der Waals surface area contributed by atoms with Gasteiger partial charge in [-0.25, -0.2) is 0 Å². The number of nitriles is 1. The number of benzene rings is 1. The Bertz CT molecular complexity index is 620. The highest BCUT2D eigenvalue weighted by Gasteiger charge is 2.02. The predicted molar refractivity (Wildman–Crippen MR) is 63.3 cm³/mol. The van der Waals surface area contributed by atoms with E-state index in [1.165, 1.54) is 0 Å². The fourth-order valence-electron chi connectivity index (χ4n) is 1.78. The van der Waals surface area contributed by atoms with Gasteiger partial charge in [0, 0.05) is 22.7 Å². The van der Waals surface area contributed by atoms with Gasteiger partial charge in [0.15, 0.2) is 5.43 Å². The zero-order chi connectivity index (χ0) is 11.5.